The van der Waals surface area contributed by atoms with E-state index in [0.717, 1.165) is 6.61 Å². The highest BCUT2D eigenvalue weighted by molar-refractivity contribution is 4.80. The average molecular weight is 159 g/mol. The molecule has 3 heteroatoms. The first-order valence-corrected chi connectivity index (χ1v) is 4.14. The van der Waals surface area contributed by atoms with Crippen molar-refractivity contribution in [2.45, 2.75) is 33.0 Å². The summed E-state index contributed by atoms with van der Waals surface area (Å²) < 4.78 is 5.46. The number of rotatable bonds is 1. The molecule has 11 heavy (non-hydrogen) atoms. The molecule has 1 rings (SSSR count). The van der Waals surface area contributed by atoms with Gasteiger partial charge in [0.05, 0.1) is 6.10 Å². The van der Waals surface area contributed by atoms with Crippen molar-refractivity contribution in [1.82, 2.24) is 0 Å². The third-order valence-electron chi connectivity index (χ3n) is 2.66. The van der Waals surface area contributed by atoms with E-state index in [1.807, 2.05) is 6.92 Å². The van der Waals surface area contributed by atoms with Crippen LogP contribution in [0.15, 0.2) is 0 Å². The molecule has 0 radical (unpaired) electrons. The molecule has 3 nitrogen and oxygen atoms in total. The van der Waals surface area contributed by atoms with Gasteiger partial charge < -0.3 is 4.74 Å². The Morgan fingerprint density at radius 3 is 2.45 bits per heavy atom. The van der Waals surface area contributed by atoms with Crippen molar-refractivity contribution in [2.24, 2.45) is 17.7 Å². The monoisotopic (exact) mass is 159 g/mol. The van der Waals surface area contributed by atoms with Crippen LogP contribution in [0.2, 0.25) is 0 Å². The van der Waals surface area contributed by atoms with Gasteiger partial charge in [-0.05, 0) is 18.8 Å². The molecule has 2 unspecified atom stereocenters. The molecule has 1 aliphatic rings. The highest BCUT2D eigenvalue weighted by Gasteiger charge is 2.33. The Kier molecular flexibility index (Phi) is 2.87. The molecule has 0 spiro atoms. The van der Waals surface area contributed by atoms with E-state index in [1.54, 1.807) is 0 Å². The molecular weight excluding hydrogens is 142 g/mol. The van der Waals surface area contributed by atoms with Crippen molar-refractivity contribution < 1.29 is 9.57 Å². The third kappa shape index (κ3) is 1.72. The highest BCUT2D eigenvalue weighted by atomic mass is 16.6. The molecule has 0 bridgehead atoms. The Morgan fingerprint density at radius 1 is 1.36 bits per heavy atom. The van der Waals surface area contributed by atoms with Crippen molar-refractivity contribution in [3.8, 4) is 0 Å². The zero-order chi connectivity index (χ0) is 8.43. The molecule has 1 heterocycles. The normalized spacial score (nSPS) is 45.8. The van der Waals surface area contributed by atoms with Gasteiger partial charge in [-0.15, -0.1) is 0 Å². The van der Waals surface area contributed by atoms with Crippen LogP contribution in [-0.4, -0.2) is 18.8 Å². The SMILES string of the molecule is CC1OC[C@@H](C)[C@@H](C)C1ON. The molecule has 1 fully saturated rings. The highest BCUT2D eigenvalue weighted by Crippen LogP contribution is 2.26. The summed E-state index contributed by atoms with van der Waals surface area (Å²) in [6, 6.07) is 0. The molecule has 1 saturated heterocycles. The summed E-state index contributed by atoms with van der Waals surface area (Å²) in [5.74, 6) is 6.20. The Hall–Kier alpha value is -0.120. The van der Waals surface area contributed by atoms with Gasteiger partial charge in [-0.25, -0.2) is 5.90 Å². The van der Waals surface area contributed by atoms with Crippen LogP contribution in [0.5, 0.6) is 0 Å². The first-order chi connectivity index (χ1) is 5.16. The maximum absolute atomic E-state index is 5.46. The average Bonchev–Trinajstić information content (AvgIpc) is 1.99. The standard InChI is InChI=1S/C8H17NO2/c1-5-4-10-7(3)8(11-9)6(5)2/h5-8H,4,9H2,1-3H3/t5-,6-,7?,8?/m1/s1. The van der Waals surface area contributed by atoms with Gasteiger partial charge in [0.25, 0.3) is 0 Å². The number of nitrogens with two attached hydrogens (primary N) is 1. The van der Waals surface area contributed by atoms with Gasteiger partial charge in [0.15, 0.2) is 0 Å². The molecule has 1 aliphatic heterocycles. The lowest BCUT2D eigenvalue weighted by Crippen LogP contribution is -2.45. The number of hydrogen-bond donors (Lipinski definition) is 1. The predicted octanol–water partition coefficient (Wildman–Crippen LogP) is 0.936. The van der Waals surface area contributed by atoms with Crippen molar-refractivity contribution in [1.29, 1.82) is 0 Å². The molecule has 0 aromatic heterocycles. The zero-order valence-electron chi connectivity index (χ0n) is 7.41. The second-order valence-corrected chi connectivity index (χ2v) is 3.48. The lowest BCUT2D eigenvalue weighted by atomic mass is 9.86. The summed E-state index contributed by atoms with van der Waals surface area (Å²) in [6.07, 6.45) is 0.185. The molecule has 2 N–H and O–H groups in total. The second kappa shape index (κ2) is 3.52. The van der Waals surface area contributed by atoms with Gasteiger partial charge in [0, 0.05) is 6.61 Å². The van der Waals surface area contributed by atoms with Gasteiger partial charge in [-0.2, -0.15) is 0 Å². The molecule has 0 aliphatic carbocycles. The van der Waals surface area contributed by atoms with Crippen LogP contribution < -0.4 is 5.90 Å². The number of ether oxygens (including phenoxy) is 1. The fourth-order valence-electron chi connectivity index (χ4n) is 1.54. The first-order valence-electron chi connectivity index (χ1n) is 4.14. The zero-order valence-corrected chi connectivity index (χ0v) is 7.41. The van der Waals surface area contributed by atoms with E-state index in [0.29, 0.717) is 11.8 Å². The lowest BCUT2D eigenvalue weighted by Gasteiger charge is -2.36. The molecule has 66 valence electrons. The van der Waals surface area contributed by atoms with Crippen LogP contribution in [0, 0.1) is 11.8 Å². The fraction of sp³-hybridized carbons (Fsp3) is 1.00. The van der Waals surface area contributed by atoms with E-state index in [4.69, 9.17) is 15.5 Å². The summed E-state index contributed by atoms with van der Waals surface area (Å²) in [6.45, 7) is 7.13. The summed E-state index contributed by atoms with van der Waals surface area (Å²) in [4.78, 5) is 4.86. The van der Waals surface area contributed by atoms with E-state index in [1.165, 1.54) is 0 Å². The maximum atomic E-state index is 5.46. The molecule has 0 aromatic rings. The third-order valence-corrected chi connectivity index (χ3v) is 2.66. The first kappa shape index (κ1) is 8.97. The smallest absolute Gasteiger partial charge is 0.107 e. The fourth-order valence-corrected chi connectivity index (χ4v) is 1.54. The molecule has 0 saturated carbocycles. The minimum Gasteiger partial charge on any atom is -0.375 e. The van der Waals surface area contributed by atoms with Crippen LogP contribution in [0.1, 0.15) is 20.8 Å². The van der Waals surface area contributed by atoms with E-state index in [-0.39, 0.29) is 12.2 Å². The van der Waals surface area contributed by atoms with Crippen LogP contribution in [0.25, 0.3) is 0 Å². The van der Waals surface area contributed by atoms with E-state index in [2.05, 4.69) is 13.8 Å². The second-order valence-electron chi connectivity index (χ2n) is 3.48. The van der Waals surface area contributed by atoms with Gasteiger partial charge in [-0.3, -0.25) is 4.84 Å². The minimum atomic E-state index is 0.0544. The lowest BCUT2D eigenvalue weighted by molar-refractivity contribution is -0.145. The summed E-state index contributed by atoms with van der Waals surface area (Å²) in [7, 11) is 0. The predicted molar refractivity (Wildman–Crippen MR) is 42.8 cm³/mol. The molecular formula is C8H17NO2. The van der Waals surface area contributed by atoms with Crippen molar-refractivity contribution in [2.75, 3.05) is 6.61 Å². The van der Waals surface area contributed by atoms with E-state index in [9.17, 15) is 0 Å². The molecule has 4 atom stereocenters. The summed E-state index contributed by atoms with van der Waals surface area (Å²) in [5, 5.41) is 0. The van der Waals surface area contributed by atoms with Gasteiger partial charge in [-0.1, -0.05) is 13.8 Å². The van der Waals surface area contributed by atoms with Crippen molar-refractivity contribution >= 4 is 0 Å². The Bertz CT molecular complexity index is 129. The summed E-state index contributed by atoms with van der Waals surface area (Å²) in [5.41, 5.74) is 0. The molecule has 0 aromatic carbocycles. The topological polar surface area (TPSA) is 44.5 Å². The Labute approximate surface area is 67.8 Å². The quantitative estimate of drug-likeness (QED) is 0.579. The van der Waals surface area contributed by atoms with Crippen LogP contribution in [0.3, 0.4) is 0 Å². The van der Waals surface area contributed by atoms with Crippen LogP contribution in [-0.2, 0) is 9.57 Å². The summed E-state index contributed by atoms with van der Waals surface area (Å²) >= 11 is 0. The Balaban J connectivity index is 2.55. The Morgan fingerprint density at radius 2 is 2.00 bits per heavy atom. The molecule has 0 amide bonds. The van der Waals surface area contributed by atoms with E-state index >= 15 is 0 Å². The van der Waals surface area contributed by atoms with Gasteiger partial charge in [0.1, 0.15) is 6.10 Å². The largest absolute Gasteiger partial charge is 0.375 e. The maximum Gasteiger partial charge on any atom is 0.107 e. The van der Waals surface area contributed by atoms with Gasteiger partial charge >= 0.3 is 0 Å². The van der Waals surface area contributed by atoms with E-state index < -0.39 is 0 Å². The van der Waals surface area contributed by atoms with Crippen molar-refractivity contribution in [3.05, 3.63) is 0 Å². The number of hydrogen-bond acceptors (Lipinski definition) is 3. The van der Waals surface area contributed by atoms with Gasteiger partial charge in [0.2, 0.25) is 0 Å². The van der Waals surface area contributed by atoms with Crippen molar-refractivity contribution in [3.63, 3.8) is 0 Å². The minimum absolute atomic E-state index is 0.0544. The van der Waals surface area contributed by atoms with Crippen LogP contribution in [0.4, 0.5) is 0 Å². The van der Waals surface area contributed by atoms with Crippen LogP contribution >= 0.6 is 0 Å².